The van der Waals surface area contributed by atoms with Crippen molar-refractivity contribution in [1.29, 1.82) is 0 Å². The Bertz CT molecular complexity index is 722. The van der Waals surface area contributed by atoms with Crippen LogP contribution >= 0.6 is 0 Å². The van der Waals surface area contributed by atoms with Gasteiger partial charge in [-0.25, -0.2) is 14.4 Å². The van der Waals surface area contributed by atoms with E-state index >= 15 is 0 Å². The number of piperidine rings is 1. The minimum Gasteiger partial charge on any atom is -0.334 e. The molecule has 0 spiro atoms. The molecule has 1 fully saturated rings. The Labute approximate surface area is 140 Å². The van der Waals surface area contributed by atoms with Crippen molar-refractivity contribution in [3.63, 3.8) is 0 Å². The average molecular weight is 328 g/mol. The topological polar surface area (TPSA) is 72.1 Å². The van der Waals surface area contributed by atoms with Crippen LogP contribution < -0.4 is 5.73 Å². The summed E-state index contributed by atoms with van der Waals surface area (Å²) in [4.78, 5) is 23.3. The number of nitrogens with two attached hydrogens (primary N) is 1. The van der Waals surface area contributed by atoms with Gasteiger partial charge >= 0.3 is 0 Å². The highest BCUT2D eigenvalue weighted by molar-refractivity contribution is 6.00. The summed E-state index contributed by atoms with van der Waals surface area (Å²) < 4.78 is 13.8. The first kappa shape index (κ1) is 16.5. The highest BCUT2D eigenvalue weighted by Gasteiger charge is 2.32. The van der Waals surface area contributed by atoms with Gasteiger partial charge in [0.15, 0.2) is 5.82 Å². The monoisotopic (exact) mass is 328 g/mol. The maximum Gasteiger partial charge on any atom is 0.255 e. The highest BCUT2D eigenvalue weighted by Crippen LogP contribution is 2.28. The van der Waals surface area contributed by atoms with Crippen LogP contribution in [0.15, 0.2) is 36.7 Å². The van der Waals surface area contributed by atoms with Crippen molar-refractivity contribution in [2.24, 2.45) is 11.7 Å². The number of amides is 1. The molecule has 0 radical (unpaired) electrons. The summed E-state index contributed by atoms with van der Waals surface area (Å²) in [6.07, 6.45) is 5.18. The molecule has 0 bridgehead atoms. The molecule has 5 nitrogen and oxygen atoms in total. The van der Waals surface area contributed by atoms with Crippen molar-refractivity contribution in [2.45, 2.75) is 25.8 Å². The molecule has 2 atom stereocenters. The molecule has 1 aliphatic heterocycles. The number of nitrogens with zero attached hydrogens (tertiary/aromatic N) is 3. The SMILES string of the molecule is C[C@@H]1CCCN(C(=O)c2cc(F)ccc2-c2ncccn2)[C@H]1CN. The first-order valence-corrected chi connectivity index (χ1v) is 8.19. The largest absolute Gasteiger partial charge is 0.334 e. The number of likely N-dealkylation sites (tertiary alicyclic amines) is 1. The maximum atomic E-state index is 13.8. The molecular formula is C18H21FN4O. The van der Waals surface area contributed by atoms with E-state index in [0.29, 0.717) is 30.4 Å². The van der Waals surface area contributed by atoms with E-state index in [2.05, 4.69) is 16.9 Å². The van der Waals surface area contributed by atoms with Crippen LogP contribution in [-0.2, 0) is 0 Å². The summed E-state index contributed by atoms with van der Waals surface area (Å²) in [6.45, 7) is 3.14. The van der Waals surface area contributed by atoms with Gasteiger partial charge in [0.05, 0.1) is 5.56 Å². The second kappa shape index (κ2) is 7.05. The van der Waals surface area contributed by atoms with E-state index in [1.807, 2.05) is 0 Å². The van der Waals surface area contributed by atoms with Crippen molar-refractivity contribution in [3.8, 4) is 11.4 Å². The van der Waals surface area contributed by atoms with Gasteiger partial charge in [-0.1, -0.05) is 6.92 Å². The molecule has 2 aromatic rings. The smallest absolute Gasteiger partial charge is 0.255 e. The van der Waals surface area contributed by atoms with Crippen molar-refractivity contribution < 1.29 is 9.18 Å². The third kappa shape index (κ3) is 3.14. The van der Waals surface area contributed by atoms with Gasteiger partial charge in [0.2, 0.25) is 0 Å². The number of halogens is 1. The molecule has 126 valence electrons. The Kier molecular flexibility index (Phi) is 4.85. The molecule has 2 N–H and O–H groups in total. The molecule has 1 aliphatic rings. The van der Waals surface area contributed by atoms with Gasteiger partial charge in [0, 0.05) is 37.1 Å². The van der Waals surface area contributed by atoms with Crippen LogP contribution in [0, 0.1) is 11.7 Å². The van der Waals surface area contributed by atoms with Crippen LogP contribution in [0.25, 0.3) is 11.4 Å². The van der Waals surface area contributed by atoms with Gasteiger partial charge in [-0.3, -0.25) is 4.79 Å². The van der Waals surface area contributed by atoms with E-state index in [1.165, 1.54) is 12.1 Å². The minimum absolute atomic E-state index is 0.0286. The Hall–Kier alpha value is -2.34. The van der Waals surface area contributed by atoms with Crippen molar-refractivity contribution in [3.05, 3.63) is 48.0 Å². The van der Waals surface area contributed by atoms with Crippen LogP contribution in [0.2, 0.25) is 0 Å². The lowest BCUT2D eigenvalue weighted by atomic mass is 9.90. The van der Waals surface area contributed by atoms with E-state index in [9.17, 15) is 9.18 Å². The van der Waals surface area contributed by atoms with E-state index in [0.717, 1.165) is 12.8 Å². The molecule has 1 aromatic carbocycles. The molecule has 0 aliphatic carbocycles. The number of carbonyl (C=O) groups is 1. The lowest BCUT2D eigenvalue weighted by Gasteiger charge is -2.39. The van der Waals surface area contributed by atoms with Crippen LogP contribution in [-0.4, -0.2) is 39.9 Å². The zero-order chi connectivity index (χ0) is 17.1. The third-order valence-corrected chi connectivity index (χ3v) is 4.64. The van der Waals surface area contributed by atoms with Crippen molar-refractivity contribution in [1.82, 2.24) is 14.9 Å². The van der Waals surface area contributed by atoms with Gasteiger partial charge in [-0.05, 0) is 43.0 Å². The van der Waals surface area contributed by atoms with Gasteiger partial charge < -0.3 is 10.6 Å². The Morgan fingerprint density at radius 2 is 2.12 bits per heavy atom. The summed E-state index contributed by atoms with van der Waals surface area (Å²) >= 11 is 0. The average Bonchev–Trinajstić information content (AvgIpc) is 2.61. The normalized spacial score (nSPS) is 20.9. The maximum absolute atomic E-state index is 13.8. The molecular weight excluding hydrogens is 307 g/mol. The molecule has 1 aromatic heterocycles. The molecule has 1 amide bonds. The second-order valence-electron chi connectivity index (χ2n) is 6.18. The Morgan fingerprint density at radius 3 is 2.83 bits per heavy atom. The molecule has 1 saturated heterocycles. The van der Waals surface area contributed by atoms with Gasteiger partial charge in [-0.15, -0.1) is 0 Å². The summed E-state index contributed by atoms with van der Waals surface area (Å²) in [7, 11) is 0. The first-order chi connectivity index (χ1) is 11.6. The quantitative estimate of drug-likeness (QED) is 0.939. The molecule has 6 heteroatoms. The predicted octanol–water partition coefficient (Wildman–Crippen LogP) is 2.48. The van der Waals surface area contributed by atoms with Crippen LogP contribution in [0.5, 0.6) is 0 Å². The van der Waals surface area contributed by atoms with Crippen LogP contribution in [0.1, 0.15) is 30.1 Å². The zero-order valence-electron chi connectivity index (χ0n) is 13.7. The predicted molar refractivity (Wildman–Crippen MR) is 89.7 cm³/mol. The second-order valence-corrected chi connectivity index (χ2v) is 6.18. The Balaban J connectivity index is 2.02. The van der Waals surface area contributed by atoms with E-state index in [1.54, 1.807) is 29.4 Å². The number of hydrogen-bond acceptors (Lipinski definition) is 4. The highest BCUT2D eigenvalue weighted by atomic mass is 19.1. The summed E-state index contributed by atoms with van der Waals surface area (Å²) in [5.41, 5.74) is 6.71. The number of carbonyl (C=O) groups excluding carboxylic acids is 1. The number of aromatic nitrogens is 2. The van der Waals surface area contributed by atoms with E-state index in [-0.39, 0.29) is 17.5 Å². The standard InChI is InChI=1S/C18H21FN4O/c1-12-4-2-9-23(16(12)11-20)18(24)15-10-13(19)5-6-14(15)17-21-7-3-8-22-17/h3,5-8,10,12,16H,2,4,9,11,20H2,1H3/t12-,16+/m1/s1. The first-order valence-electron chi connectivity index (χ1n) is 8.19. The Morgan fingerprint density at radius 1 is 1.38 bits per heavy atom. The van der Waals surface area contributed by atoms with Crippen LogP contribution in [0.3, 0.4) is 0 Å². The molecule has 3 rings (SSSR count). The van der Waals surface area contributed by atoms with Gasteiger partial charge in [0.1, 0.15) is 5.82 Å². The zero-order valence-corrected chi connectivity index (χ0v) is 13.7. The molecule has 0 saturated carbocycles. The fourth-order valence-corrected chi connectivity index (χ4v) is 3.34. The van der Waals surface area contributed by atoms with Crippen molar-refractivity contribution in [2.75, 3.05) is 13.1 Å². The van der Waals surface area contributed by atoms with Crippen molar-refractivity contribution >= 4 is 5.91 Å². The van der Waals surface area contributed by atoms with Crippen LogP contribution in [0.4, 0.5) is 4.39 Å². The summed E-state index contributed by atoms with van der Waals surface area (Å²) in [6, 6.07) is 5.82. The van der Waals surface area contributed by atoms with E-state index in [4.69, 9.17) is 5.73 Å². The minimum atomic E-state index is -0.451. The molecule has 24 heavy (non-hydrogen) atoms. The summed E-state index contributed by atoms with van der Waals surface area (Å²) in [5.74, 6) is 0.0826. The van der Waals surface area contributed by atoms with Gasteiger partial charge in [-0.2, -0.15) is 0 Å². The lowest BCUT2D eigenvalue weighted by Crippen LogP contribution is -2.51. The number of benzene rings is 1. The molecule has 2 heterocycles. The number of rotatable bonds is 3. The fraction of sp³-hybridized carbons (Fsp3) is 0.389. The van der Waals surface area contributed by atoms with E-state index < -0.39 is 5.82 Å². The summed E-state index contributed by atoms with van der Waals surface area (Å²) in [5, 5.41) is 0. The molecule has 0 unspecified atom stereocenters. The fourth-order valence-electron chi connectivity index (χ4n) is 3.34. The third-order valence-electron chi connectivity index (χ3n) is 4.64. The lowest BCUT2D eigenvalue weighted by molar-refractivity contribution is 0.0533. The van der Waals surface area contributed by atoms with Gasteiger partial charge in [0.25, 0.3) is 5.91 Å². The number of hydrogen-bond donors (Lipinski definition) is 1.